The summed E-state index contributed by atoms with van der Waals surface area (Å²) >= 11 is 1.38. The summed E-state index contributed by atoms with van der Waals surface area (Å²) in [6.45, 7) is 1.73. The maximum atomic E-state index is 14.0. The van der Waals surface area contributed by atoms with E-state index in [1.54, 1.807) is 19.1 Å². The summed E-state index contributed by atoms with van der Waals surface area (Å²) in [6.07, 6.45) is 0.798. The number of aryl methyl sites for hydroxylation is 2. The summed E-state index contributed by atoms with van der Waals surface area (Å²) in [5.41, 5.74) is 1.89. The molecule has 0 atom stereocenters. The zero-order valence-corrected chi connectivity index (χ0v) is 11.6. The average molecular weight is 279 g/mol. The van der Waals surface area contributed by atoms with Crippen LogP contribution in [0.15, 0.2) is 23.6 Å². The molecule has 100 valence electrons. The lowest BCUT2D eigenvalue weighted by Gasteiger charge is -2.01. The van der Waals surface area contributed by atoms with Gasteiger partial charge in [0.25, 0.3) is 0 Å². The zero-order valence-electron chi connectivity index (χ0n) is 10.8. The van der Waals surface area contributed by atoms with Gasteiger partial charge in [-0.2, -0.15) is 0 Å². The number of halogens is 1. The van der Waals surface area contributed by atoms with Gasteiger partial charge in [0.05, 0.1) is 19.2 Å². The van der Waals surface area contributed by atoms with E-state index in [0.717, 1.165) is 5.69 Å². The van der Waals surface area contributed by atoms with Crippen LogP contribution in [0.3, 0.4) is 0 Å². The molecule has 1 aromatic carbocycles. The molecule has 0 aliphatic rings. The van der Waals surface area contributed by atoms with Crippen LogP contribution in [0.2, 0.25) is 0 Å². The normalized spacial score (nSPS) is 10.5. The van der Waals surface area contributed by atoms with Gasteiger partial charge in [-0.25, -0.2) is 9.37 Å². The van der Waals surface area contributed by atoms with Crippen LogP contribution in [-0.4, -0.2) is 18.1 Å². The first-order chi connectivity index (χ1) is 9.11. The van der Waals surface area contributed by atoms with Crippen LogP contribution >= 0.6 is 11.3 Å². The van der Waals surface area contributed by atoms with E-state index in [0.29, 0.717) is 22.6 Å². The first-order valence-electron chi connectivity index (χ1n) is 5.88. The number of benzene rings is 1. The smallest absolute Gasteiger partial charge is 0.305 e. The van der Waals surface area contributed by atoms with Crippen molar-refractivity contribution in [3.63, 3.8) is 0 Å². The molecule has 0 unspecified atom stereocenters. The van der Waals surface area contributed by atoms with Crippen molar-refractivity contribution in [3.05, 3.63) is 40.7 Å². The van der Waals surface area contributed by atoms with E-state index < -0.39 is 0 Å². The van der Waals surface area contributed by atoms with Gasteiger partial charge in [0.15, 0.2) is 0 Å². The van der Waals surface area contributed by atoms with Gasteiger partial charge in [-0.1, -0.05) is 12.1 Å². The van der Waals surface area contributed by atoms with E-state index in [2.05, 4.69) is 9.72 Å². The summed E-state index contributed by atoms with van der Waals surface area (Å²) < 4.78 is 18.5. The van der Waals surface area contributed by atoms with Gasteiger partial charge >= 0.3 is 5.97 Å². The Kier molecular flexibility index (Phi) is 4.27. The Hall–Kier alpha value is -1.75. The van der Waals surface area contributed by atoms with Gasteiger partial charge < -0.3 is 4.74 Å². The van der Waals surface area contributed by atoms with Crippen LogP contribution in [0.4, 0.5) is 4.39 Å². The number of aromatic nitrogens is 1. The lowest BCUT2D eigenvalue weighted by Crippen LogP contribution is -2.02. The molecule has 2 aromatic rings. The second-order valence-electron chi connectivity index (χ2n) is 4.16. The predicted molar refractivity (Wildman–Crippen MR) is 72.6 cm³/mol. The topological polar surface area (TPSA) is 39.2 Å². The molecule has 5 heteroatoms. The Bertz CT molecular complexity index is 595. The van der Waals surface area contributed by atoms with E-state index in [1.165, 1.54) is 18.4 Å². The molecule has 0 fully saturated rings. The van der Waals surface area contributed by atoms with Gasteiger partial charge in [-0.05, 0) is 18.6 Å². The molecular formula is C14H14FNO2S. The number of nitrogens with zero attached hydrogens (tertiary/aromatic N) is 1. The molecule has 19 heavy (non-hydrogen) atoms. The highest BCUT2D eigenvalue weighted by molar-refractivity contribution is 7.13. The molecule has 0 N–H and O–H groups in total. The van der Waals surface area contributed by atoms with Crippen molar-refractivity contribution in [2.24, 2.45) is 0 Å². The zero-order chi connectivity index (χ0) is 13.8. The van der Waals surface area contributed by atoms with Crippen molar-refractivity contribution in [2.75, 3.05) is 7.11 Å². The first-order valence-corrected chi connectivity index (χ1v) is 6.76. The fourth-order valence-electron chi connectivity index (χ4n) is 1.69. The molecule has 2 rings (SSSR count). The van der Waals surface area contributed by atoms with Crippen molar-refractivity contribution in [1.82, 2.24) is 4.98 Å². The second-order valence-corrected chi connectivity index (χ2v) is 5.01. The first kappa shape index (κ1) is 13.7. The number of rotatable bonds is 4. The minimum absolute atomic E-state index is 0.239. The van der Waals surface area contributed by atoms with Crippen LogP contribution < -0.4 is 0 Å². The Morgan fingerprint density at radius 2 is 2.26 bits per heavy atom. The molecule has 0 saturated heterocycles. The third-order valence-corrected chi connectivity index (χ3v) is 3.71. The van der Waals surface area contributed by atoms with Crippen molar-refractivity contribution in [2.45, 2.75) is 19.8 Å². The van der Waals surface area contributed by atoms with E-state index >= 15 is 0 Å². The molecule has 0 aliphatic heterocycles. The molecule has 0 spiro atoms. The maximum absolute atomic E-state index is 14.0. The summed E-state index contributed by atoms with van der Waals surface area (Å²) in [5, 5.41) is 2.49. The maximum Gasteiger partial charge on any atom is 0.305 e. The highest BCUT2D eigenvalue weighted by Gasteiger charge is 2.12. The minimum atomic E-state index is -0.267. The van der Waals surface area contributed by atoms with E-state index in [4.69, 9.17) is 0 Å². The SMILES string of the molecule is COC(=O)CCc1csc(-c2cccc(C)c2F)n1. The molecule has 0 saturated carbocycles. The molecule has 1 heterocycles. The van der Waals surface area contributed by atoms with Crippen molar-refractivity contribution >= 4 is 17.3 Å². The highest BCUT2D eigenvalue weighted by Crippen LogP contribution is 2.28. The summed E-state index contributed by atoms with van der Waals surface area (Å²) in [4.78, 5) is 15.4. The van der Waals surface area contributed by atoms with Crippen molar-refractivity contribution < 1.29 is 13.9 Å². The van der Waals surface area contributed by atoms with Gasteiger partial charge in [-0.3, -0.25) is 4.79 Å². The van der Waals surface area contributed by atoms with Crippen LogP contribution in [-0.2, 0) is 16.0 Å². The molecule has 0 bridgehead atoms. The van der Waals surface area contributed by atoms with Crippen LogP contribution in [0.1, 0.15) is 17.7 Å². The number of carbonyl (C=O) groups excluding carboxylic acids is 1. The fourth-order valence-corrected chi connectivity index (χ4v) is 2.56. The molecule has 0 radical (unpaired) electrons. The third kappa shape index (κ3) is 3.17. The number of esters is 1. The monoisotopic (exact) mass is 279 g/mol. The standard InChI is InChI=1S/C14H14FNO2S/c1-9-4-3-5-11(13(9)15)14-16-10(8-19-14)6-7-12(17)18-2/h3-5,8H,6-7H2,1-2H3. The van der Waals surface area contributed by atoms with Gasteiger partial charge in [0.1, 0.15) is 10.8 Å². The van der Waals surface area contributed by atoms with Crippen molar-refractivity contribution in [3.8, 4) is 10.6 Å². The quantitative estimate of drug-likeness (QED) is 0.806. The Labute approximate surface area is 115 Å². The number of methoxy groups -OCH3 is 1. The summed E-state index contributed by atoms with van der Waals surface area (Å²) in [7, 11) is 1.36. The lowest BCUT2D eigenvalue weighted by atomic mass is 10.1. The fraction of sp³-hybridized carbons (Fsp3) is 0.286. The Balaban J connectivity index is 2.17. The van der Waals surface area contributed by atoms with E-state index in [1.807, 2.05) is 11.4 Å². The highest BCUT2D eigenvalue weighted by atomic mass is 32.1. The largest absolute Gasteiger partial charge is 0.469 e. The van der Waals surface area contributed by atoms with E-state index in [-0.39, 0.29) is 18.2 Å². The third-order valence-electron chi connectivity index (χ3n) is 2.79. The summed E-state index contributed by atoms with van der Waals surface area (Å²) in [6, 6.07) is 5.25. The number of ether oxygens (including phenoxy) is 1. The second kappa shape index (κ2) is 5.93. The minimum Gasteiger partial charge on any atom is -0.469 e. The van der Waals surface area contributed by atoms with E-state index in [9.17, 15) is 9.18 Å². The van der Waals surface area contributed by atoms with Gasteiger partial charge in [-0.15, -0.1) is 11.3 Å². The molecule has 3 nitrogen and oxygen atoms in total. The number of hydrogen-bond donors (Lipinski definition) is 0. The lowest BCUT2D eigenvalue weighted by molar-refractivity contribution is -0.140. The summed E-state index contributed by atoms with van der Waals surface area (Å²) in [5.74, 6) is -0.507. The van der Waals surface area contributed by atoms with Crippen LogP contribution in [0, 0.1) is 12.7 Å². The number of hydrogen-bond acceptors (Lipinski definition) is 4. The molecule has 0 aliphatic carbocycles. The van der Waals surface area contributed by atoms with Gasteiger partial charge in [0, 0.05) is 17.4 Å². The number of carbonyl (C=O) groups is 1. The Morgan fingerprint density at radius 3 is 3.00 bits per heavy atom. The molecule has 0 amide bonds. The van der Waals surface area contributed by atoms with Crippen molar-refractivity contribution in [1.29, 1.82) is 0 Å². The van der Waals surface area contributed by atoms with Crippen LogP contribution in [0.5, 0.6) is 0 Å². The molecular weight excluding hydrogens is 265 g/mol. The van der Waals surface area contributed by atoms with Gasteiger partial charge in [0.2, 0.25) is 0 Å². The van der Waals surface area contributed by atoms with Crippen LogP contribution in [0.25, 0.3) is 10.6 Å². The Morgan fingerprint density at radius 1 is 1.47 bits per heavy atom. The predicted octanol–water partition coefficient (Wildman–Crippen LogP) is 3.36. The number of thiazole rings is 1. The average Bonchev–Trinajstić information content (AvgIpc) is 2.87. The molecule has 1 aromatic heterocycles.